The maximum absolute atomic E-state index is 6.36. The van der Waals surface area contributed by atoms with Crippen molar-refractivity contribution >= 4 is 17.7 Å². The Balaban J connectivity index is 1.80. The van der Waals surface area contributed by atoms with Gasteiger partial charge in [-0.25, -0.2) is 0 Å². The van der Waals surface area contributed by atoms with E-state index in [1.54, 1.807) is 0 Å². The Morgan fingerprint density at radius 2 is 2.30 bits per heavy atom. The molecule has 1 atom stereocenters. The Morgan fingerprint density at radius 1 is 1.45 bits per heavy atom. The van der Waals surface area contributed by atoms with E-state index in [-0.39, 0.29) is 5.60 Å². The average molecular weight is 293 g/mol. The Bertz CT molecular complexity index is 544. The van der Waals surface area contributed by atoms with Crippen molar-refractivity contribution in [2.45, 2.75) is 25.4 Å². The van der Waals surface area contributed by atoms with Gasteiger partial charge in [-0.3, -0.25) is 4.90 Å². The topological polar surface area (TPSA) is 38.5 Å². The van der Waals surface area contributed by atoms with Crippen LogP contribution in [0.25, 0.3) is 6.08 Å². The summed E-state index contributed by atoms with van der Waals surface area (Å²) in [5.74, 6) is 0.984. The van der Waals surface area contributed by atoms with E-state index in [2.05, 4.69) is 24.0 Å². The fourth-order valence-electron chi connectivity index (χ4n) is 3.11. The number of ether oxygens (including phenoxy) is 1. The van der Waals surface area contributed by atoms with Crippen LogP contribution in [0.2, 0.25) is 5.02 Å². The predicted molar refractivity (Wildman–Crippen MR) is 83.3 cm³/mol. The average Bonchev–Trinajstić information content (AvgIpc) is 2.81. The quantitative estimate of drug-likeness (QED) is 0.931. The molecule has 0 aromatic heterocycles. The largest absolute Gasteiger partial charge is 0.481 e. The summed E-state index contributed by atoms with van der Waals surface area (Å²) in [5, 5.41) is 0.765. The number of likely N-dealkylation sites (tertiary alicyclic amines) is 1. The minimum atomic E-state index is -0.166. The second-order valence-electron chi connectivity index (χ2n) is 5.81. The lowest BCUT2D eigenvalue weighted by atomic mass is 9.96. The van der Waals surface area contributed by atoms with Gasteiger partial charge in [0.2, 0.25) is 0 Å². The highest BCUT2D eigenvalue weighted by molar-refractivity contribution is 6.30. The summed E-state index contributed by atoms with van der Waals surface area (Å²) in [6.45, 7) is 5.89. The van der Waals surface area contributed by atoms with Gasteiger partial charge in [-0.1, -0.05) is 17.7 Å². The normalized spacial score (nSPS) is 24.9. The van der Waals surface area contributed by atoms with Crippen LogP contribution in [0.4, 0.5) is 0 Å². The lowest BCUT2D eigenvalue weighted by Gasteiger charge is -2.32. The van der Waals surface area contributed by atoms with Crippen molar-refractivity contribution < 1.29 is 4.74 Å². The Hall–Kier alpha value is -1.03. The van der Waals surface area contributed by atoms with E-state index in [9.17, 15) is 0 Å². The third kappa shape index (κ3) is 2.58. The van der Waals surface area contributed by atoms with Gasteiger partial charge in [0.25, 0.3) is 0 Å². The molecule has 4 heteroatoms. The molecular weight excluding hydrogens is 272 g/mol. The highest BCUT2D eigenvalue weighted by Gasteiger charge is 2.40. The van der Waals surface area contributed by atoms with Crippen LogP contribution >= 0.6 is 11.6 Å². The van der Waals surface area contributed by atoms with Gasteiger partial charge in [0.15, 0.2) is 0 Å². The Morgan fingerprint density at radius 3 is 3.10 bits per heavy atom. The van der Waals surface area contributed by atoms with Crippen LogP contribution < -0.4 is 10.5 Å². The summed E-state index contributed by atoms with van der Waals surface area (Å²) >= 11 is 6.10. The molecule has 3 rings (SSSR count). The fraction of sp³-hybridized carbons (Fsp3) is 0.500. The number of aryl methyl sites for hydroxylation is 1. The van der Waals surface area contributed by atoms with Crippen LogP contribution in [0.3, 0.4) is 0 Å². The number of halogens is 1. The second-order valence-corrected chi connectivity index (χ2v) is 6.25. The van der Waals surface area contributed by atoms with E-state index in [1.807, 2.05) is 12.1 Å². The van der Waals surface area contributed by atoms with Crippen molar-refractivity contribution in [3.05, 3.63) is 34.4 Å². The zero-order valence-electron chi connectivity index (χ0n) is 11.9. The molecule has 2 heterocycles. The maximum atomic E-state index is 6.36. The van der Waals surface area contributed by atoms with Gasteiger partial charge in [-0.15, -0.1) is 0 Å². The molecule has 108 valence electrons. The van der Waals surface area contributed by atoms with E-state index in [0.29, 0.717) is 0 Å². The molecule has 20 heavy (non-hydrogen) atoms. The molecule has 0 bridgehead atoms. The summed E-state index contributed by atoms with van der Waals surface area (Å²) in [4.78, 5) is 2.44. The predicted octanol–water partition coefficient (Wildman–Crippen LogP) is 2.85. The van der Waals surface area contributed by atoms with Crippen LogP contribution in [-0.2, 0) is 0 Å². The van der Waals surface area contributed by atoms with E-state index >= 15 is 0 Å². The van der Waals surface area contributed by atoms with Gasteiger partial charge in [0.1, 0.15) is 11.4 Å². The zero-order chi connectivity index (χ0) is 14.2. The number of fused-ring (bicyclic) bond motifs is 1. The van der Waals surface area contributed by atoms with Gasteiger partial charge >= 0.3 is 0 Å². The van der Waals surface area contributed by atoms with Crippen LogP contribution in [0.1, 0.15) is 24.0 Å². The first-order chi connectivity index (χ1) is 9.62. The van der Waals surface area contributed by atoms with Crippen molar-refractivity contribution in [1.29, 1.82) is 0 Å². The van der Waals surface area contributed by atoms with Crippen molar-refractivity contribution in [2.75, 3.05) is 26.2 Å². The van der Waals surface area contributed by atoms with Gasteiger partial charge in [0.05, 0.1) is 0 Å². The molecule has 0 radical (unpaired) electrons. The van der Waals surface area contributed by atoms with Gasteiger partial charge in [-0.2, -0.15) is 0 Å². The molecule has 0 saturated carbocycles. The fourth-order valence-corrected chi connectivity index (χ4v) is 3.39. The third-order valence-electron chi connectivity index (χ3n) is 4.16. The maximum Gasteiger partial charge on any atom is 0.141 e. The molecule has 1 unspecified atom stereocenters. The van der Waals surface area contributed by atoms with E-state index in [0.717, 1.165) is 60.9 Å². The molecule has 1 fully saturated rings. The van der Waals surface area contributed by atoms with Crippen molar-refractivity contribution in [2.24, 2.45) is 5.73 Å². The van der Waals surface area contributed by atoms with Crippen LogP contribution in [0, 0.1) is 6.92 Å². The van der Waals surface area contributed by atoms with Crippen LogP contribution in [0.15, 0.2) is 18.2 Å². The first-order valence-electron chi connectivity index (χ1n) is 7.23. The molecule has 1 aromatic rings. The molecule has 1 spiro atoms. The van der Waals surface area contributed by atoms with Gasteiger partial charge < -0.3 is 10.5 Å². The number of benzene rings is 1. The molecule has 1 saturated heterocycles. The number of hydrogen-bond acceptors (Lipinski definition) is 3. The van der Waals surface area contributed by atoms with Crippen LogP contribution in [-0.4, -0.2) is 36.7 Å². The zero-order valence-corrected chi connectivity index (χ0v) is 12.6. The Labute approximate surface area is 125 Å². The minimum Gasteiger partial charge on any atom is -0.481 e. The Kier molecular flexibility index (Phi) is 3.76. The molecule has 2 N–H and O–H groups in total. The number of hydrogen-bond donors (Lipinski definition) is 1. The van der Waals surface area contributed by atoms with E-state index in [4.69, 9.17) is 22.1 Å². The molecule has 0 aliphatic carbocycles. The lowest BCUT2D eigenvalue weighted by molar-refractivity contribution is 0.122. The molecule has 2 aliphatic rings. The number of rotatable bonds is 3. The molecular formula is C16H21ClN2O. The summed E-state index contributed by atoms with van der Waals surface area (Å²) in [6, 6.07) is 3.93. The standard InChI is InChI=1S/C16H21ClN2O/c1-12-9-14(17)10-13-3-4-16(20-15(12)13)5-8-19(11-16)7-2-6-18/h3-4,9-10H,2,5-8,11,18H2,1H3. The SMILES string of the molecule is Cc1cc(Cl)cc2c1OC1(C=C2)CCN(CCCN)C1. The summed E-state index contributed by atoms with van der Waals surface area (Å²) in [5.41, 5.74) is 7.62. The monoisotopic (exact) mass is 292 g/mol. The van der Waals surface area contributed by atoms with E-state index in [1.165, 1.54) is 0 Å². The van der Waals surface area contributed by atoms with Crippen molar-refractivity contribution in [3.63, 3.8) is 0 Å². The van der Waals surface area contributed by atoms with Crippen LogP contribution in [0.5, 0.6) is 5.75 Å². The van der Waals surface area contributed by atoms with Crippen molar-refractivity contribution in [3.8, 4) is 5.75 Å². The lowest BCUT2D eigenvalue weighted by Crippen LogP contribution is -2.39. The highest BCUT2D eigenvalue weighted by Crippen LogP contribution is 2.39. The highest BCUT2D eigenvalue weighted by atomic mass is 35.5. The molecule has 3 nitrogen and oxygen atoms in total. The smallest absolute Gasteiger partial charge is 0.141 e. The summed E-state index contributed by atoms with van der Waals surface area (Å²) < 4.78 is 6.36. The number of nitrogens with zero attached hydrogens (tertiary/aromatic N) is 1. The third-order valence-corrected chi connectivity index (χ3v) is 4.38. The van der Waals surface area contributed by atoms with Gasteiger partial charge in [-0.05, 0) is 50.2 Å². The number of nitrogens with two attached hydrogens (primary N) is 1. The first kappa shape index (κ1) is 13.9. The van der Waals surface area contributed by atoms with Gasteiger partial charge in [0, 0.05) is 30.1 Å². The molecule has 0 amide bonds. The van der Waals surface area contributed by atoms with Crippen molar-refractivity contribution in [1.82, 2.24) is 4.90 Å². The first-order valence-corrected chi connectivity index (χ1v) is 7.60. The molecule has 2 aliphatic heterocycles. The summed E-state index contributed by atoms with van der Waals surface area (Å²) in [7, 11) is 0. The van der Waals surface area contributed by atoms with E-state index < -0.39 is 0 Å². The molecule has 1 aromatic carbocycles. The second kappa shape index (κ2) is 5.40. The minimum absolute atomic E-state index is 0.166. The summed E-state index contributed by atoms with van der Waals surface area (Å²) in [6.07, 6.45) is 6.44.